The molecule has 4 heterocycles. The van der Waals surface area contributed by atoms with Gasteiger partial charge in [-0.2, -0.15) is 18.2 Å². The number of amides is 1. The highest BCUT2D eigenvalue weighted by atomic mass is 19.4. The second-order valence-corrected chi connectivity index (χ2v) is 11.3. The number of aromatic nitrogens is 2. The molecule has 0 unspecified atom stereocenters. The largest absolute Gasteiger partial charge is 0.494 e. The summed E-state index contributed by atoms with van der Waals surface area (Å²) in [6.45, 7) is 3.84. The van der Waals surface area contributed by atoms with Crippen LogP contribution in [0.3, 0.4) is 0 Å². The molecule has 0 radical (unpaired) electrons. The van der Waals surface area contributed by atoms with Crippen LogP contribution in [0.5, 0.6) is 17.4 Å². The number of hydrogen-bond acceptors (Lipinski definition) is 8. The summed E-state index contributed by atoms with van der Waals surface area (Å²) in [4.78, 5) is 26.1. The monoisotopic (exact) mass is 586 g/mol. The van der Waals surface area contributed by atoms with E-state index in [0.29, 0.717) is 24.0 Å². The molecule has 1 N–H and O–H groups in total. The van der Waals surface area contributed by atoms with E-state index in [2.05, 4.69) is 27.2 Å². The second kappa shape index (κ2) is 10.3. The summed E-state index contributed by atoms with van der Waals surface area (Å²) >= 11 is 0. The highest BCUT2D eigenvalue weighted by Gasteiger charge is 2.45. The number of hydrogen-bond donors (Lipinski definition) is 1. The van der Waals surface area contributed by atoms with Gasteiger partial charge in [0.25, 0.3) is 5.91 Å². The van der Waals surface area contributed by atoms with Gasteiger partial charge < -0.3 is 29.5 Å². The number of halogens is 4. The Morgan fingerprint density at radius 3 is 2.50 bits per heavy atom. The number of nitrogens with one attached hydrogen (secondary N) is 1. The van der Waals surface area contributed by atoms with Gasteiger partial charge in [0.15, 0.2) is 0 Å². The van der Waals surface area contributed by atoms with Crippen LogP contribution in [0.25, 0.3) is 0 Å². The molecule has 3 aliphatic heterocycles. The number of carbonyl (C=O) groups is 1. The summed E-state index contributed by atoms with van der Waals surface area (Å²) in [7, 11) is 5.11. The van der Waals surface area contributed by atoms with Gasteiger partial charge in [0.1, 0.15) is 22.9 Å². The number of nitrogens with zero attached hydrogens (tertiary/aromatic N) is 5. The Bertz CT molecular complexity index is 1530. The average Bonchev–Trinajstić information content (AvgIpc) is 3.22. The van der Waals surface area contributed by atoms with Gasteiger partial charge in [0.2, 0.25) is 11.8 Å². The maximum absolute atomic E-state index is 15.3. The van der Waals surface area contributed by atoms with Gasteiger partial charge >= 0.3 is 6.18 Å². The first-order valence-corrected chi connectivity index (χ1v) is 13.5. The van der Waals surface area contributed by atoms with Crippen LogP contribution in [-0.4, -0.2) is 73.1 Å². The van der Waals surface area contributed by atoms with Crippen LogP contribution in [0.2, 0.25) is 0 Å². The van der Waals surface area contributed by atoms with Crippen molar-refractivity contribution < 1.29 is 31.8 Å². The van der Waals surface area contributed by atoms with Crippen molar-refractivity contribution in [2.75, 3.05) is 57.6 Å². The van der Waals surface area contributed by atoms with E-state index in [0.717, 1.165) is 39.0 Å². The zero-order chi connectivity index (χ0) is 29.8. The van der Waals surface area contributed by atoms with Crippen molar-refractivity contribution in [2.24, 2.45) is 5.41 Å². The van der Waals surface area contributed by atoms with Crippen molar-refractivity contribution in [1.29, 1.82) is 0 Å². The number of alkyl halides is 3. The Labute approximate surface area is 240 Å². The molecular weight excluding hydrogens is 556 g/mol. The number of ether oxygens (including phenoxy) is 2. The molecule has 0 atom stereocenters. The Morgan fingerprint density at radius 1 is 1.07 bits per heavy atom. The highest BCUT2D eigenvalue weighted by Crippen LogP contribution is 2.45. The van der Waals surface area contributed by atoms with Gasteiger partial charge in [0, 0.05) is 50.4 Å². The molecule has 2 fully saturated rings. The smallest absolute Gasteiger partial charge is 0.423 e. The molecule has 42 heavy (non-hydrogen) atoms. The van der Waals surface area contributed by atoms with E-state index < -0.39 is 23.4 Å². The molecule has 1 spiro atoms. The summed E-state index contributed by atoms with van der Waals surface area (Å²) < 4.78 is 68.1. The van der Waals surface area contributed by atoms with E-state index in [4.69, 9.17) is 9.47 Å². The number of piperidine rings is 1. The van der Waals surface area contributed by atoms with Gasteiger partial charge in [-0.1, -0.05) is 12.1 Å². The van der Waals surface area contributed by atoms with Gasteiger partial charge in [-0.15, -0.1) is 0 Å². The van der Waals surface area contributed by atoms with E-state index >= 15 is 4.39 Å². The minimum absolute atomic E-state index is 0.0538. The number of carbonyl (C=O) groups excluding carboxylic acids is 1. The fourth-order valence-electron chi connectivity index (χ4n) is 5.87. The number of benzene rings is 2. The first-order chi connectivity index (χ1) is 20.0. The van der Waals surface area contributed by atoms with E-state index in [1.165, 1.54) is 24.1 Å². The van der Waals surface area contributed by atoms with Crippen molar-refractivity contribution in [3.8, 4) is 17.4 Å². The van der Waals surface area contributed by atoms with Crippen LogP contribution in [0.1, 0.15) is 34.3 Å². The lowest BCUT2D eigenvalue weighted by molar-refractivity contribution is -0.139. The van der Waals surface area contributed by atoms with Crippen molar-refractivity contribution in [3.63, 3.8) is 0 Å². The van der Waals surface area contributed by atoms with Crippen molar-refractivity contribution >= 4 is 23.2 Å². The van der Waals surface area contributed by atoms with Crippen LogP contribution in [0.15, 0.2) is 36.5 Å². The number of anilines is 3. The topological polar surface area (TPSA) is 83.1 Å². The minimum Gasteiger partial charge on any atom is -0.494 e. The van der Waals surface area contributed by atoms with Crippen LogP contribution in [0, 0.1) is 11.2 Å². The van der Waals surface area contributed by atoms with E-state index in [1.807, 2.05) is 4.90 Å². The average molecular weight is 587 g/mol. The van der Waals surface area contributed by atoms with Crippen LogP contribution >= 0.6 is 0 Å². The van der Waals surface area contributed by atoms with Gasteiger partial charge in [0.05, 0.1) is 24.0 Å². The fourth-order valence-corrected chi connectivity index (χ4v) is 5.87. The van der Waals surface area contributed by atoms with E-state index in [-0.39, 0.29) is 40.0 Å². The SMILES string of the molecule is COc1cc(N2CC3(CCN(C)CC3)C2)c(F)cc1Nc1ncc(C(F)(F)F)c(Oc2cccc3c2C(=O)N(C)C3)n1. The minimum atomic E-state index is -4.83. The van der Waals surface area contributed by atoms with Crippen molar-refractivity contribution in [3.05, 3.63) is 59.0 Å². The van der Waals surface area contributed by atoms with Crippen molar-refractivity contribution in [2.45, 2.75) is 25.6 Å². The molecule has 2 aromatic carbocycles. The Kier molecular flexibility index (Phi) is 6.87. The summed E-state index contributed by atoms with van der Waals surface area (Å²) in [5.74, 6) is -1.72. The molecule has 13 heteroatoms. The normalized spacial score (nSPS) is 18.2. The van der Waals surface area contributed by atoms with Crippen molar-refractivity contribution in [1.82, 2.24) is 19.8 Å². The van der Waals surface area contributed by atoms with E-state index in [9.17, 15) is 18.0 Å². The zero-order valence-electron chi connectivity index (χ0n) is 23.4. The third kappa shape index (κ3) is 5.06. The Morgan fingerprint density at radius 2 is 1.81 bits per heavy atom. The van der Waals surface area contributed by atoms with Crippen LogP contribution < -0.4 is 19.7 Å². The third-order valence-corrected chi connectivity index (χ3v) is 8.30. The Hall–Kier alpha value is -4.13. The summed E-state index contributed by atoms with van der Waals surface area (Å²) in [6, 6.07) is 7.49. The molecule has 0 saturated carbocycles. The quantitative estimate of drug-likeness (QED) is 0.390. The number of rotatable bonds is 6. The maximum Gasteiger partial charge on any atom is 0.423 e. The maximum atomic E-state index is 15.3. The Balaban J connectivity index is 1.27. The van der Waals surface area contributed by atoms with Crippen LogP contribution in [0.4, 0.5) is 34.9 Å². The lowest BCUT2D eigenvalue weighted by atomic mass is 9.72. The fraction of sp³-hybridized carbons (Fsp3) is 0.414. The van der Waals surface area contributed by atoms with E-state index in [1.54, 1.807) is 25.2 Å². The molecule has 0 aliphatic carbocycles. The van der Waals surface area contributed by atoms with Gasteiger partial charge in [-0.3, -0.25) is 4.79 Å². The third-order valence-electron chi connectivity index (χ3n) is 8.30. The molecule has 9 nitrogen and oxygen atoms in total. The molecule has 222 valence electrons. The molecule has 2 saturated heterocycles. The molecule has 3 aliphatic rings. The second-order valence-electron chi connectivity index (χ2n) is 11.3. The first kappa shape index (κ1) is 28.0. The molecular formula is C29H30F4N6O3. The molecule has 1 amide bonds. The molecule has 6 rings (SSSR count). The summed E-state index contributed by atoms with van der Waals surface area (Å²) in [6.07, 6.45) is -2.13. The molecule has 1 aromatic heterocycles. The molecule has 3 aromatic rings. The lowest BCUT2D eigenvalue weighted by Gasteiger charge is -2.54. The summed E-state index contributed by atoms with van der Waals surface area (Å²) in [5, 5.41) is 2.77. The molecule has 0 bridgehead atoms. The van der Waals surface area contributed by atoms with Crippen LogP contribution in [-0.2, 0) is 12.7 Å². The van der Waals surface area contributed by atoms with Gasteiger partial charge in [-0.25, -0.2) is 9.37 Å². The zero-order valence-corrected chi connectivity index (χ0v) is 23.4. The standard InChI is InChI=1S/C29H30F4N6O3/c1-37-9-7-28(8-10-37)15-39(16-28)21-12-23(41-3)20(11-19(21)30)35-27-34-13-18(29(31,32)33)25(36-27)42-22-6-4-5-17-14-38(2)26(40)24(17)22/h4-6,11-13H,7-10,14-16H2,1-3H3,(H,34,35,36). The van der Waals surface area contributed by atoms with Gasteiger partial charge in [-0.05, 0) is 44.6 Å². The predicted molar refractivity (Wildman–Crippen MR) is 147 cm³/mol. The highest BCUT2D eigenvalue weighted by molar-refractivity contribution is 6.00. The predicted octanol–water partition coefficient (Wildman–Crippen LogP) is 5.30. The first-order valence-electron chi connectivity index (χ1n) is 13.5. The number of likely N-dealkylation sites (tertiary alicyclic amines) is 1. The summed E-state index contributed by atoms with van der Waals surface area (Å²) in [5.41, 5.74) is 0.299. The number of fused-ring (bicyclic) bond motifs is 1. The number of methoxy groups -OCH3 is 1. The lowest BCUT2D eigenvalue weighted by Crippen LogP contribution is -2.60.